The zero-order valence-corrected chi connectivity index (χ0v) is 11.3. The third-order valence-electron chi connectivity index (χ3n) is 2.53. The molecule has 0 heterocycles. The smallest absolute Gasteiger partial charge is 0.190 e. The Morgan fingerprint density at radius 3 is 2.50 bits per heavy atom. The molecule has 0 aliphatic rings. The molecule has 0 amide bonds. The molecule has 0 saturated heterocycles. The van der Waals surface area contributed by atoms with Crippen molar-refractivity contribution in [3.63, 3.8) is 0 Å². The predicted octanol–water partition coefficient (Wildman–Crippen LogP) is 2.33. The lowest BCUT2D eigenvalue weighted by molar-refractivity contribution is 0.00984. The molecule has 0 saturated carbocycles. The first kappa shape index (κ1) is 16.5. The molecule has 0 aliphatic heterocycles. The van der Waals surface area contributed by atoms with E-state index in [2.05, 4.69) is 0 Å². The Bertz CT molecular complexity index is 414. The molecular formula is C14H18F2O4. The molecule has 20 heavy (non-hydrogen) atoms. The summed E-state index contributed by atoms with van der Waals surface area (Å²) in [5, 5.41) is 9.54. The fraction of sp³-hybridized carbons (Fsp3) is 0.500. The van der Waals surface area contributed by atoms with Crippen LogP contribution >= 0.6 is 0 Å². The number of carbonyl (C=O) groups excluding carboxylic acids is 1. The van der Waals surface area contributed by atoms with Gasteiger partial charge in [0.1, 0.15) is 19.0 Å². The quantitative estimate of drug-likeness (QED) is 0.560. The van der Waals surface area contributed by atoms with Crippen molar-refractivity contribution < 1.29 is 28.2 Å². The third-order valence-corrected chi connectivity index (χ3v) is 2.53. The summed E-state index contributed by atoms with van der Waals surface area (Å²) in [4.78, 5) is 10.4. The number of unbranched alkanes of at least 4 members (excludes halogenated alkanes) is 1. The van der Waals surface area contributed by atoms with E-state index in [0.717, 1.165) is 25.0 Å². The minimum atomic E-state index is -0.980. The Hall–Kier alpha value is -1.53. The molecule has 0 spiro atoms. The van der Waals surface area contributed by atoms with Crippen molar-refractivity contribution in [3.8, 4) is 5.75 Å². The number of aldehydes is 1. The van der Waals surface area contributed by atoms with E-state index in [-0.39, 0.29) is 18.8 Å². The van der Waals surface area contributed by atoms with Crippen LogP contribution in [0.1, 0.15) is 30.1 Å². The number of aliphatic hydroxyl groups is 1. The first-order valence-electron chi connectivity index (χ1n) is 6.41. The molecule has 1 aromatic carbocycles. The monoisotopic (exact) mass is 288 g/mol. The molecule has 0 bridgehead atoms. The first-order chi connectivity index (χ1) is 9.58. The van der Waals surface area contributed by atoms with Crippen molar-refractivity contribution in [1.82, 2.24) is 0 Å². The van der Waals surface area contributed by atoms with Gasteiger partial charge in [0.25, 0.3) is 0 Å². The summed E-state index contributed by atoms with van der Waals surface area (Å²) >= 11 is 0. The van der Waals surface area contributed by atoms with Crippen molar-refractivity contribution in [1.29, 1.82) is 0 Å². The number of aliphatic hydroxyl groups excluding tert-OH is 1. The largest absolute Gasteiger partial charge is 0.485 e. The number of rotatable bonds is 9. The Morgan fingerprint density at radius 2 is 1.95 bits per heavy atom. The second kappa shape index (κ2) is 8.60. The van der Waals surface area contributed by atoms with Gasteiger partial charge in [0.05, 0.1) is 6.61 Å². The van der Waals surface area contributed by atoms with Gasteiger partial charge < -0.3 is 14.6 Å². The molecule has 0 aliphatic carbocycles. The number of ether oxygens (including phenoxy) is 2. The van der Waals surface area contributed by atoms with Crippen molar-refractivity contribution in [2.75, 3.05) is 19.8 Å². The fourth-order valence-corrected chi connectivity index (χ4v) is 1.48. The van der Waals surface area contributed by atoms with Crippen LogP contribution in [0, 0.1) is 11.6 Å². The van der Waals surface area contributed by atoms with E-state index in [1.807, 2.05) is 6.92 Å². The van der Waals surface area contributed by atoms with Crippen molar-refractivity contribution in [2.24, 2.45) is 0 Å². The number of carbonyl (C=O) groups is 1. The van der Waals surface area contributed by atoms with Crippen molar-refractivity contribution >= 4 is 6.29 Å². The highest BCUT2D eigenvalue weighted by atomic mass is 19.1. The predicted molar refractivity (Wildman–Crippen MR) is 69.0 cm³/mol. The topological polar surface area (TPSA) is 55.8 Å². The first-order valence-corrected chi connectivity index (χ1v) is 6.41. The van der Waals surface area contributed by atoms with Crippen LogP contribution in [0.2, 0.25) is 0 Å². The average molecular weight is 288 g/mol. The van der Waals surface area contributed by atoms with Gasteiger partial charge >= 0.3 is 0 Å². The maximum absolute atomic E-state index is 13.5. The summed E-state index contributed by atoms with van der Waals surface area (Å²) in [5.41, 5.74) is -0.115. The zero-order valence-electron chi connectivity index (χ0n) is 11.3. The Kier molecular flexibility index (Phi) is 7.11. The van der Waals surface area contributed by atoms with Crippen LogP contribution in [0.4, 0.5) is 8.78 Å². The minimum absolute atomic E-state index is 0.0374. The van der Waals surface area contributed by atoms with Gasteiger partial charge in [-0.1, -0.05) is 13.3 Å². The summed E-state index contributed by atoms with van der Waals surface area (Å²) in [6, 6.07) is 1.74. The Balaban J connectivity index is 2.47. The van der Waals surface area contributed by atoms with E-state index in [4.69, 9.17) is 9.47 Å². The van der Waals surface area contributed by atoms with Crippen LogP contribution in [0.25, 0.3) is 0 Å². The molecular weight excluding hydrogens is 270 g/mol. The van der Waals surface area contributed by atoms with Crippen LogP contribution in [0.5, 0.6) is 5.75 Å². The standard InChI is InChI=1S/C14H18F2O4/c1-2-3-4-19-8-11(18)9-20-14-12(15)5-10(7-17)6-13(14)16/h5-7,11,18H,2-4,8-9H2,1H3. The maximum Gasteiger partial charge on any atom is 0.190 e. The third kappa shape index (κ3) is 5.22. The number of halogens is 2. The van der Waals surface area contributed by atoms with Gasteiger partial charge in [-0.15, -0.1) is 0 Å². The summed E-state index contributed by atoms with van der Waals surface area (Å²) in [5.74, 6) is -2.57. The van der Waals surface area contributed by atoms with E-state index in [0.29, 0.717) is 12.9 Å². The second-order valence-corrected chi connectivity index (χ2v) is 4.32. The number of hydrogen-bond donors (Lipinski definition) is 1. The molecule has 6 heteroatoms. The lowest BCUT2D eigenvalue weighted by Gasteiger charge is -2.13. The summed E-state index contributed by atoms with van der Waals surface area (Å²) in [7, 11) is 0. The van der Waals surface area contributed by atoms with E-state index < -0.39 is 23.5 Å². The fourth-order valence-electron chi connectivity index (χ4n) is 1.48. The van der Waals surface area contributed by atoms with Gasteiger partial charge in [0, 0.05) is 12.2 Å². The van der Waals surface area contributed by atoms with Crippen LogP contribution < -0.4 is 4.74 Å². The highest BCUT2D eigenvalue weighted by molar-refractivity contribution is 5.75. The lowest BCUT2D eigenvalue weighted by atomic mass is 10.2. The van der Waals surface area contributed by atoms with Crippen LogP contribution in [-0.2, 0) is 4.74 Å². The highest BCUT2D eigenvalue weighted by Gasteiger charge is 2.14. The van der Waals surface area contributed by atoms with Gasteiger partial charge in [0.15, 0.2) is 17.4 Å². The van der Waals surface area contributed by atoms with E-state index >= 15 is 0 Å². The van der Waals surface area contributed by atoms with Gasteiger partial charge in [-0.05, 0) is 18.6 Å². The molecule has 1 N–H and O–H groups in total. The molecule has 1 aromatic rings. The zero-order chi connectivity index (χ0) is 15.0. The highest BCUT2D eigenvalue weighted by Crippen LogP contribution is 2.22. The van der Waals surface area contributed by atoms with Gasteiger partial charge in [0.2, 0.25) is 0 Å². The summed E-state index contributed by atoms with van der Waals surface area (Å²) in [6.07, 6.45) is 1.22. The second-order valence-electron chi connectivity index (χ2n) is 4.32. The normalized spacial score (nSPS) is 12.2. The minimum Gasteiger partial charge on any atom is -0.485 e. The Labute approximate surface area is 116 Å². The number of benzene rings is 1. The SMILES string of the molecule is CCCCOCC(O)COc1c(F)cc(C=O)cc1F. The lowest BCUT2D eigenvalue weighted by Crippen LogP contribution is -2.24. The van der Waals surface area contributed by atoms with E-state index in [1.54, 1.807) is 0 Å². The van der Waals surface area contributed by atoms with Crippen LogP contribution in [0.15, 0.2) is 12.1 Å². The summed E-state index contributed by atoms with van der Waals surface area (Å²) in [6.45, 7) is 2.28. The molecule has 1 rings (SSSR count). The molecule has 0 aromatic heterocycles. The van der Waals surface area contributed by atoms with E-state index in [9.17, 15) is 18.7 Å². The molecule has 4 nitrogen and oxygen atoms in total. The van der Waals surface area contributed by atoms with Gasteiger partial charge in [-0.25, -0.2) is 8.78 Å². The van der Waals surface area contributed by atoms with Crippen LogP contribution in [-0.4, -0.2) is 37.3 Å². The average Bonchev–Trinajstić information content (AvgIpc) is 2.42. The molecule has 0 fully saturated rings. The number of hydrogen-bond acceptors (Lipinski definition) is 4. The van der Waals surface area contributed by atoms with Crippen molar-refractivity contribution in [3.05, 3.63) is 29.3 Å². The molecule has 112 valence electrons. The van der Waals surface area contributed by atoms with Crippen molar-refractivity contribution in [2.45, 2.75) is 25.9 Å². The van der Waals surface area contributed by atoms with Gasteiger partial charge in [-0.2, -0.15) is 0 Å². The summed E-state index contributed by atoms with van der Waals surface area (Å²) < 4.78 is 37.0. The molecule has 0 radical (unpaired) electrons. The van der Waals surface area contributed by atoms with E-state index in [1.165, 1.54) is 0 Å². The van der Waals surface area contributed by atoms with Crippen LogP contribution in [0.3, 0.4) is 0 Å². The molecule has 1 unspecified atom stereocenters. The molecule has 1 atom stereocenters. The Morgan fingerprint density at radius 1 is 1.30 bits per heavy atom. The van der Waals surface area contributed by atoms with Gasteiger partial charge in [-0.3, -0.25) is 4.79 Å². The maximum atomic E-state index is 13.5.